The van der Waals surface area contributed by atoms with E-state index in [1.807, 2.05) is 0 Å². The fourth-order valence-corrected chi connectivity index (χ4v) is 5.37. The number of likely N-dealkylation sites (tertiary alicyclic amines) is 1. The normalized spacial score (nSPS) is 19.6. The van der Waals surface area contributed by atoms with Gasteiger partial charge in [0.15, 0.2) is 0 Å². The Morgan fingerprint density at radius 3 is 2.45 bits per heavy atom. The second-order valence-electron chi connectivity index (χ2n) is 7.52. The largest absolute Gasteiger partial charge is 0.379 e. The van der Waals surface area contributed by atoms with Crippen LogP contribution < -0.4 is 5.32 Å². The van der Waals surface area contributed by atoms with Crippen LogP contribution in [0.4, 0.5) is 0 Å². The van der Waals surface area contributed by atoms with Crippen molar-refractivity contribution >= 4 is 27.5 Å². The first-order valence-electron chi connectivity index (χ1n) is 10.4. The van der Waals surface area contributed by atoms with Crippen molar-refractivity contribution in [3.8, 4) is 0 Å². The van der Waals surface area contributed by atoms with Gasteiger partial charge in [0.05, 0.1) is 28.7 Å². The van der Waals surface area contributed by atoms with Gasteiger partial charge in [0.2, 0.25) is 10.0 Å². The molecule has 1 amide bonds. The highest BCUT2D eigenvalue weighted by Crippen LogP contribution is 2.23. The molecule has 2 aliphatic rings. The van der Waals surface area contributed by atoms with Crippen LogP contribution in [-0.2, 0) is 14.8 Å². The van der Waals surface area contributed by atoms with E-state index in [4.69, 9.17) is 16.3 Å². The molecule has 162 valence electrons. The van der Waals surface area contributed by atoms with Crippen molar-refractivity contribution in [2.75, 3.05) is 52.5 Å². The Kier molecular flexibility index (Phi) is 8.32. The lowest BCUT2D eigenvalue weighted by atomic mass is 10.2. The van der Waals surface area contributed by atoms with Gasteiger partial charge in [0.1, 0.15) is 0 Å². The molecule has 3 rings (SSSR count). The zero-order valence-corrected chi connectivity index (χ0v) is 18.3. The third kappa shape index (κ3) is 6.15. The highest BCUT2D eigenvalue weighted by Gasteiger charge is 2.27. The van der Waals surface area contributed by atoms with Crippen molar-refractivity contribution in [1.82, 2.24) is 14.5 Å². The molecule has 0 spiro atoms. The summed E-state index contributed by atoms with van der Waals surface area (Å²) < 4.78 is 32.3. The highest BCUT2D eigenvalue weighted by molar-refractivity contribution is 7.89. The highest BCUT2D eigenvalue weighted by atomic mass is 35.5. The molecule has 0 aliphatic carbocycles. The fourth-order valence-electron chi connectivity index (χ4n) is 3.73. The summed E-state index contributed by atoms with van der Waals surface area (Å²) in [4.78, 5) is 15.1. The monoisotopic (exact) mass is 443 g/mol. The number of halogens is 1. The van der Waals surface area contributed by atoms with Gasteiger partial charge in [-0.3, -0.25) is 4.79 Å². The van der Waals surface area contributed by atoms with E-state index in [0.29, 0.717) is 32.8 Å². The molecule has 2 saturated heterocycles. The van der Waals surface area contributed by atoms with Crippen LogP contribution >= 0.6 is 11.6 Å². The first kappa shape index (κ1) is 22.5. The number of carbonyl (C=O) groups excluding carboxylic acids is 1. The van der Waals surface area contributed by atoms with Gasteiger partial charge < -0.3 is 15.0 Å². The van der Waals surface area contributed by atoms with Crippen molar-refractivity contribution in [3.05, 3.63) is 28.8 Å². The van der Waals surface area contributed by atoms with Gasteiger partial charge >= 0.3 is 0 Å². The van der Waals surface area contributed by atoms with E-state index < -0.39 is 10.0 Å². The van der Waals surface area contributed by atoms with E-state index in [1.54, 1.807) is 0 Å². The quantitative estimate of drug-likeness (QED) is 0.654. The number of amides is 1. The summed E-state index contributed by atoms with van der Waals surface area (Å²) in [5, 5.41) is 3.12. The summed E-state index contributed by atoms with van der Waals surface area (Å²) in [5.41, 5.74) is 0.191. The van der Waals surface area contributed by atoms with E-state index in [-0.39, 0.29) is 21.4 Å². The van der Waals surface area contributed by atoms with Gasteiger partial charge in [0.25, 0.3) is 5.91 Å². The molecule has 0 radical (unpaired) electrons. The molecule has 29 heavy (non-hydrogen) atoms. The van der Waals surface area contributed by atoms with Crippen LogP contribution in [0, 0.1) is 0 Å². The molecular weight excluding hydrogens is 414 g/mol. The number of nitrogens with zero attached hydrogens (tertiary/aromatic N) is 2. The molecule has 2 aliphatic heterocycles. The zero-order valence-electron chi connectivity index (χ0n) is 16.7. The molecule has 0 atom stereocenters. The maximum atomic E-state index is 12.8. The van der Waals surface area contributed by atoms with Crippen molar-refractivity contribution in [1.29, 1.82) is 0 Å². The van der Waals surface area contributed by atoms with Crippen LogP contribution in [0.5, 0.6) is 0 Å². The Hall–Kier alpha value is -1.19. The van der Waals surface area contributed by atoms with E-state index in [0.717, 1.165) is 26.1 Å². The number of carbonyl (C=O) groups is 1. The number of morpholine rings is 1. The van der Waals surface area contributed by atoms with Gasteiger partial charge in [0, 0.05) is 19.6 Å². The molecule has 0 saturated carbocycles. The maximum Gasteiger partial charge on any atom is 0.252 e. The molecule has 0 aromatic heterocycles. The van der Waals surface area contributed by atoms with Gasteiger partial charge in [-0.15, -0.1) is 0 Å². The van der Waals surface area contributed by atoms with Crippen LogP contribution in [0.1, 0.15) is 42.5 Å². The summed E-state index contributed by atoms with van der Waals surface area (Å²) in [7, 11) is -3.67. The molecule has 2 heterocycles. The summed E-state index contributed by atoms with van der Waals surface area (Å²) in [6.45, 7) is 5.11. The van der Waals surface area contributed by atoms with E-state index in [9.17, 15) is 13.2 Å². The lowest BCUT2D eigenvalue weighted by Crippen LogP contribution is -2.40. The number of rotatable bonds is 7. The molecule has 1 N–H and O–H groups in total. The van der Waals surface area contributed by atoms with Crippen molar-refractivity contribution in [2.24, 2.45) is 0 Å². The van der Waals surface area contributed by atoms with Crippen LogP contribution in [-0.4, -0.2) is 76.0 Å². The summed E-state index contributed by atoms with van der Waals surface area (Å²) in [5.74, 6) is -0.343. The number of benzene rings is 1. The molecule has 2 fully saturated rings. The Morgan fingerprint density at radius 1 is 1.07 bits per heavy atom. The van der Waals surface area contributed by atoms with Crippen molar-refractivity contribution in [2.45, 2.75) is 37.0 Å². The Bertz CT molecular complexity index is 789. The molecule has 0 bridgehead atoms. The standard InChI is InChI=1S/C20H30ClN3O4S/c21-19-7-6-17(29(26,27)24-12-14-28-15-13-24)16-18(19)20(25)22-8-5-11-23-9-3-1-2-4-10-23/h6-7,16H,1-5,8-15H2,(H,22,25). The molecule has 9 heteroatoms. The third-order valence-electron chi connectivity index (χ3n) is 5.43. The first-order chi connectivity index (χ1) is 14.0. The van der Waals surface area contributed by atoms with Crippen molar-refractivity contribution in [3.63, 3.8) is 0 Å². The predicted molar refractivity (Wildman–Crippen MR) is 113 cm³/mol. The Balaban J connectivity index is 1.57. The Labute approximate surface area is 178 Å². The van der Waals surface area contributed by atoms with Crippen molar-refractivity contribution < 1.29 is 17.9 Å². The number of sulfonamides is 1. The fraction of sp³-hybridized carbons (Fsp3) is 0.650. The second kappa shape index (κ2) is 10.7. The molecular formula is C20H30ClN3O4S. The second-order valence-corrected chi connectivity index (χ2v) is 9.87. The summed E-state index contributed by atoms with van der Waals surface area (Å²) in [6, 6.07) is 4.29. The number of hydrogen-bond donors (Lipinski definition) is 1. The minimum Gasteiger partial charge on any atom is -0.379 e. The number of nitrogens with one attached hydrogen (secondary N) is 1. The van der Waals surface area contributed by atoms with Crippen LogP contribution in [0.15, 0.2) is 23.1 Å². The van der Waals surface area contributed by atoms with E-state index in [2.05, 4.69) is 10.2 Å². The molecule has 7 nitrogen and oxygen atoms in total. The topological polar surface area (TPSA) is 79.0 Å². The summed E-state index contributed by atoms with van der Waals surface area (Å²) >= 11 is 6.18. The lowest BCUT2D eigenvalue weighted by molar-refractivity contribution is 0.0730. The number of ether oxygens (including phenoxy) is 1. The van der Waals surface area contributed by atoms with Gasteiger partial charge in [-0.25, -0.2) is 8.42 Å². The third-order valence-corrected chi connectivity index (χ3v) is 7.65. The first-order valence-corrected chi connectivity index (χ1v) is 12.2. The molecule has 0 unspecified atom stereocenters. The molecule has 1 aromatic carbocycles. The lowest BCUT2D eigenvalue weighted by Gasteiger charge is -2.26. The van der Waals surface area contributed by atoms with Crippen LogP contribution in [0.2, 0.25) is 5.02 Å². The predicted octanol–water partition coefficient (Wildman–Crippen LogP) is 2.36. The van der Waals surface area contributed by atoms with Crippen LogP contribution in [0.3, 0.4) is 0 Å². The minimum atomic E-state index is -3.67. The maximum absolute atomic E-state index is 12.8. The van der Waals surface area contributed by atoms with Gasteiger partial charge in [-0.1, -0.05) is 24.4 Å². The van der Waals surface area contributed by atoms with Gasteiger partial charge in [-0.05, 0) is 57.1 Å². The SMILES string of the molecule is O=C(NCCCN1CCCCCC1)c1cc(S(=O)(=O)N2CCOCC2)ccc1Cl. The Morgan fingerprint density at radius 2 is 1.76 bits per heavy atom. The average Bonchev–Trinajstić information content (AvgIpc) is 3.01. The average molecular weight is 444 g/mol. The summed E-state index contributed by atoms with van der Waals surface area (Å²) in [6.07, 6.45) is 5.94. The van der Waals surface area contributed by atoms with E-state index >= 15 is 0 Å². The number of hydrogen-bond acceptors (Lipinski definition) is 5. The minimum absolute atomic E-state index is 0.0820. The van der Waals surface area contributed by atoms with Crippen LogP contribution in [0.25, 0.3) is 0 Å². The van der Waals surface area contributed by atoms with Gasteiger partial charge in [-0.2, -0.15) is 4.31 Å². The van der Waals surface area contributed by atoms with E-state index in [1.165, 1.54) is 48.2 Å². The zero-order chi connectivity index (χ0) is 20.7. The molecule has 1 aromatic rings. The smallest absolute Gasteiger partial charge is 0.252 e.